The van der Waals surface area contributed by atoms with Crippen molar-refractivity contribution in [2.45, 2.75) is 24.5 Å². The minimum absolute atomic E-state index is 0.0314. The van der Waals surface area contributed by atoms with Gasteiger partial charge in [0, 0.05) is 11.6 Å². The zero-order valence-corrected chi connectivity index (χ0v) is 17.2. The van der Waals surface area contributed by atoms with Crippen molar-refractivity contribution >= 4 is 51.5 Å². The molecule has 3 aromatic rings. The molecule has 0 aliphatic rings. The van der Waals surface area contributed by atoms with Crippen LogP contribution in [0.4, 0.5) is 22.0 Å². The fourth-order valence-corrected chi connectivity index (χ4v) is 3.53. The molecule has 5 nitrogen and oxygen atoms in total. The van der Waals surface area contributed by atoms with Crippen LogP contribution in [0.25, 0.3) is 22.3 Å². The molecule has 0 radical (unpaired) electrons. The Bertz CT molecular complexity index is 1120. The van der Waals surface area contributed by atoms with Crippen molar-refractivity contribution in [1.29, 1.82) is 0 Å². The summed E-state index contributed by atoms with van der Waals surface area (Å²) in [5.41, 5.74) is 0.688. The zero-order chi connectivity index (χ0) is 22.3. The van der Waals surface area contributed by atoms with Gasteiger partial charge in [0.1, 0.15) is 11.7 Å². The average Bonchev–Trinajstić information content (AvgIpc) is 3.17. The zero-order valence-electron chi connectivity index (χ0n) is 14.8. The summed E-state index contributed by atoms with van der Waals surface area (Å²) in [5, 5.41) is 1.30. The topological polar surface area (TPSA) is 59.3 Å². The van der Waals surface area contributed by atoms with Gasteiger partial charge in [0.05, 0.1) is 10.7 Å². The maximum atomic E-state index is 13.4. The molecule has 0 aliphatic heterocycles. The van der Waals surface area contributed by atoms with Gasteiger partial charge in [-0.05, 0) is 30.7 Å². The predicted octanol–water partition coefficient (Wildman–Crippen LogP) is 5.48. The summed E-state index contributed by atoms with van der Waals surface area (Å²) in [6, 6.07) is 4.42. The van der Waals surface area contributed by atoms with Crippen LogP contribution in [0.2, 0.25) is 5.02 Å². The Kier molecular flexibility index (Phi) is 6.08. The Morgan fingerprint density at radius 3 is 2.53 bits per heavy atom. The normalized spacial score (nSPS) is 13.9. The predicted molar refractivity (Wildman–Crippen MR) is 104 cm³/mol. The number of aromatic nitrogens is 3. The van der Waals surface area contributed by atoms with Crippen LogP contribution in [0, 0.1) is 0 Å². The van der Waals surface area contributed by atoms with Crippen molar-refractivity contribution in [2.24, 2.45) is 0 Å². The van der Waals surface area contributed by atoms with E-state index in [4.69, 9.17) is 23.2 Å². The van der Waals surface area contributed by atoms with E-state index in [-0.39, 0.29) is 21.4 Å². The van der Waals surface area contributed by atoms with Crippen molar-refractivity contribution in [3.05, 3.63) is 46.1 Å². The van der Waals surface area contributed by atoms with Gasteiger partial charge in [-0.25, -0.2) is 9.50 Å². The van der Waals surface area contributed by atoms with Crippen molar-refractivity contribution < 1.29 is 26.7 Å². The molecule has 1 aromatic carbocycles. The Morgan fingerprint density at radius 1 is 1.27 bits per heavy atom. The molecule has 13 heteroatoms. The summed E-state index contributed by atoms with van der Waals surface area (Å²) in [5.74, 6) is -1.04. The summed E-state index contributed by atoms with van der Waals surface area (Å²) in [4.78, 5) is 16.2. The van der Waals surface area contributed by atoms with E-state index in [0.717, 1.165) is 23.6 Å². The molecule has 0 saturated heterocycles. The molecule has 3 rings (SSSR count). The second-order valence-electron chi connectivity index (χ2n) is 6.03. The first-order valence-electron chi connectivity index (χ1n) is 8.15. The van der Waals surface area contributed by atoms with Crippen molar-refractivity contribution in [2.75, 3.05) is 0 Å². The first-order chi connectivity index (χ1) is 13.9. The number of fused-ring (bicyclic) bond motifs is 1. The van der Waals surface area contributed by atoms with Gasteiger partial charge in [0.15, 0.2) is 0 Å². The number of hydrogen-bond acceptors (Lipinski definition) is 4. The number of amides is 1. The van der Waals surface area contributed by atoms with E-state index >= 15 is 0 Å². The molecule has 30 heavy (non-hydrogen) atoms. The van der Waals surface area contributed by atoms with E-state index in [2.05, 4.69) is 10.1 Å². The van der Waals surface area contributed by atoms with E-state index in [9.17, 15) is 26.7 Å². The van der Waals surface area contributed by atoms with Gasteiger partial charge in [-0.3, -0.25) is 4.79 Å². The Balaban J connectivity index is 2.06. The number of benzene rings is 1. The highest BCUT2D eigenvalue weighted by atomic mass is 35.5. The highest BCUT2D eigenvalue weighted by Gasteiger charge is 2.37. The molecule has 1 atom stereocenters. The number of carbonyl (C=O) groups excluding carboxylic acids is 1. The molecule has 0 aliphatic carbocycles. The standard InChI is InChI=1S/C17H11Cl2F5N4OS/c1-8(17(22,23)24)25-12(29)7-6-11-13(9-4-2-3-5-10(9)18)26-15-28(11)27-14(30-15)16(19,20)21/h2-8H,1H3,(H,25,29). The van der Waals surface area contributed by atoms with Crippen LogP contribution < -0.4 is 5.32 Å². The molecule has 1 unspecified atom stereocenters. The minimum atomic E-state index is -4.62. The molecule has 0 saturated carbocycles. The second kappa shape index (κ2) is 8.12. The van der Waals surface area contributed by atoms with E-state index < -0.39 is 28.5 Å². The van der Waals surface area contributed by atoms with Crippen LogP contribution in [-0.4, -0.2) is 32.7 Å². The second-order valence-corrected chi connectivity index (χ2v) is 7.87. The smallest absolute Gasteiger partial charge is 0.341 e. The molecular formula is C17H11Cl2F5N4OS. The maximum Gasteiger partial charge on any atom is 0.408 e. The molecule has 2 heterocycles. The first-order valence-corrected chi connectivity index (χ1v) is 9.72. The average molecular weight is 485 g/mol. The monoisotopic (exact) mass is 484 g/mol. The summed E-state index contributed by atoms with van der Waals surface area (Å²) >= 11 is 11.7. The number of imidazole rings is 1. The molecular weight excluding hydrogens is 474 g/mol. The van der Waals surface area contributed by atoms with Gasteiger partial charge < -0.3 is 5.32 Å². The quantitative estimate of drug-likeness (QED) is 0.296. The SMILES string of the molecule is CC(NC(=O)C=Cc1c(-c2ccccc2Cl)nc2sc(C(F)(F)Cl)nn12)C(F)(F)F. The highest BCUT2D eigenvalue weighted by molar-refractivity contribution is 7.17. The molecule has 0 fully saturated rings. The van der Waals surface area contributed by atoms with Gasteiger partial charge >= 0.3 is 11.6 Å². The lowest BCUT2D eigenvalue weighted by Gasteiger charge is -2.15. The molecule has 160 valence electrons. The van der Waals surface area contributed by atoms with Crippen LogP contribution in [0.1, 0.15) is 17.6 Å². The molecule has 1 N–H and O–H groups in total. The summed E-state index contributed by atoms with van der Waals surface area (Å²) in [7, 11) is 0. The lowest BCUT2D eigenvalue weighted by atomic mass is 10.1. The maximum absolute atomic E-state index is 13.4. The number of nitrogens with zero attached hydrogens (tertiary/aromatic N) is 3. The third-order valence-electron chi connectivity index (χ3n) is 3.85. The third-order valence-corrected chi connectivity index (χ3v) is 5.45. The Hall–Kier alpha value is -2.24. The van der Waals surface area contributed by atoms with E-state index in [1.54, 1.807) is 29.6 Å². The largest absolute Gasteiger partial charge is 0.408 e. The van der Waals surface area contributed by atoms with Gasteiger partial charge in [0.2, 0.25) is 15.9 Å². The van der Waals surface area contributed by atoms with Crippen LogP contribution in [0.15, 0.2) is 30.3 Å². The van der Waals surface area contributed by atoms with Gasteiger partial charge in [-0.2, -0.15) is 27.1 Å². The fraction of sp³-hybridized carbons (Fsp3) is 0.235. The Morgan fingerprint density at radius 2 is 1.93 bits per heavy atom. The molecule has 2 aromatic heterocycles. The van der Waals surface area contributed by atoms with E-state index in [1.807, 2.05) is 0 Å². The third kappa shape index (κ3) is 4.73. The summed E-state index contributed by atoms with van der Waals surface area (Å²) in [6.45, 7) is 0.785. The van der Waals surface area contributed by atoms with Crippen LogP contribution in [-0.2, 0) is 10.2 Å². The molecule has 0 bridgehead atoms. The minimum Gasteiger partial charge on any atom is -0.341 e. The van der Waals surface area contributed by atoms with Crippen molar-refractivity contribution in [3.63, 3.8) is 0 Å². The van der Waals surface area contributed by atoms with E-state index in [0.29, 0.717) is 16.9 Å². The van der Waals surface area contributed by atoms with Gasteiger partial charge in [-0.15, -0.1) is 0 Å². The lowest BCUT2D eigenvalue weighted by molar-refractivity contribution is -0.156. The number of nitrogens with one attached hydrogen (secondary N) is 1. The highest BCUT2D eigenvalue weighted by Crippen LogP contribution is 2.38. The van der Waals surface area contributed by atoms with Gasteiger partial charge in [0.25, 0.3) is 0 Å². The summed E-state index contributed by atoms with van der Waals surface area (Å²) in [6.07, 6.45) is -2.68. The number of hydrogen-bond donors (Lipinski definition) is 1. The number of alkyl halides is 6. The Labute approximate surface area is 180 Å². The van der Waals surface area contributed by atoms with Gasteiger partial charge in [-0.1, -0.05) is 41.1 Å². The molecule has 1 amide bonds. The molecule has 0 spiro atoms. The van der Waals surface area contributed by atoms with Crippen LogP contribution in [0.3, 0.4) is 0 Å². The first kappa shape index (κ1) is 22.4. The fourth-order valence-electron chi connectivity index (χ4n) is 2.38. The van der Waals surface area contributed by atoms with E-state index in [1.165, 1.54) is 0 Å². The number of rotatable bonds is 5. The lowest BCUT2D eigenvalue weighted by Crippen LogP contribution is -2.42. The van der Waals surface area contributed by atoms with Crippen LogP contribution in [0.5, 0.6) is 0 Å². The number of halogens is 7. The van der Waals surface area contributed by atoms with Crippen molar-refractivity contribution in [1.82, 2.24) is 19.9 Å². The van der Waals surface area contributed by atoms with Crippen LogP contribution >= 0.6 is 34.5 Å². The summed E-state index contributed by atoms with van der Waals surface area (Å²) < 4.78 is 65.7. The van der Waals surface area contributed by atoms with Crippen molar-refractivity contribution in [3.8, 4) is 11.3 Å². The number of carbonyl (C=O) groups is 1.